The molecule has 1 aliphatic heterocycles. The zero-order chi connectivity index (χ0) is 35.4. The number of aliphatic hydroxyl groups excluding tert-OH is 1. The van der Waals surface area contributed by atoms with Crippen LogP contribution in [0.4, 0.5) is 5.69 Å². The Labute approximate surface area is 301 Å². The summed E-state index contributed by atoms with van der Waals surface area (Å²) in [5, 5.41) is 21.7. The smallest absolute Gasteiger partial charge is 0.256 e. The standard InChI is InChI=1S/C40H41N3O7S/c44-25-27-19-21-28(22-20-27)34-24-33(26-51-40-42-37(29-11-4-1-5-12-29)38(50-40)30-13-6-2-7-14-30)48-39(49-34)31-15-10-16-32(23-31)41-35(45)17-8-3-9-18-36(46)43-47/h1-2,4-7,10-16,19-23,33-34,39,44,47H,3,8-9,17-18,24-26H2,(H,41,45)(H,43,46). The highest BCUT2D eigenvalue weighted by molar-refractivity contribution is 7.99. The lowest BCUT2D eigenvalue weighted by atomic mass is 10.0. The first kappa shape index (κ1) is 36.0. The SMILES string of the molecule is O=C(CCCCCC(=O)Nc1cccc(C2OC(CSc3nc(-c4ccccc4)c(-c4ccccc4)o3)CC(c3ccc(CO)cc3)O2)c1)NO. The molecule has 1 fully saturated rings. The number of ether oxygens (including phenoxy) is 2. The highest BCUT2D eigenvalue weighted by atomic mass is 32.2. The van der Waals surface area contributed by atoms with E-state index in [0.29, 0.717) is 54.5 Å². The second kappa shape index (κ2) is 17.9. The number of aliphatic hydroxyl groups is 1. The summed E-state index contributed by atoms with van der Waals surface area (Å²) < 4.78 is 19.5. The number of carbonyl (C=O) groups excluding carboxylic acids is 2. The van der Waals surface area contributed by atoms with Gasteiger partial charge in [0.2, 0.25) is 11.8 Å². The molecule has 51 heavy (non-hydrogen) atoms. The van der Waals surface area contributed by atoms with Gasteiger partial charge < -0.3 is 24.3 Å². The van der Waals surface area contributed by atoms with Crippen LogP contribution in [0, 0.1) is 0 Å². The minimum Gasteiger partial charge on any atom is -0.431 e. The molecule has 264 valence electrons. The van der Waals surface area contributed by atoms with E-state index in [9.17, 15) is 14.7 Å². The Morgan fingerprint density at radius 3 is 2.20 bits per heavy atom. The van der Waals surface area contributed by atoms with Gasteiger partial charge >= 0.3 is 0 Å². The Balaban J connectivity index is 1.16. The first-order valence-electron chi connectivity index (χ1n) is 17.1. The molecule has 0 saturated carbocycles. The fourth-order valence-electron chi connectivity index (χ4n) is 5.92. The molecule has 4 N–H and O–H groups in total. The molecule has 3 atom stereocenters. The van der Waals surface area contributed by atoms with Crippen molar-refractivity contribution in [1.82, 2.24) is 10.5 Å². The predicted molar refractivity (Wildman–Crippen MR) is 195 cm³/mol. The number of nitrogens with zero attached hydrogens (tertiary/aromatic N) is 1. The van der Waals surface area contributed by atoms with Crippen LogP contribution in [0.25, 0.3) is 22.6 Å². The van der Waals surface area contributed by atoms with Gasteiger partial charge in [-0.25, -0.2) is 10.5 Å². The van der Waals surface area contributed by atoms with Crippen molar-refractivity contribution < 1.29 is 33.8 Å². The summed E-state index contributed by atoms with van der Waals surface area (Å²) >= 11 is 1.49. The number of oxazole rings is 1. The van der Waals surface area contributed by atoms with Crippen molar-refractivity contribution in [2.24, 2.45) is 0 Å². The number of carbonyl (C=O) groups is 2. The summed E-state index contributed by atoms with van der Waals surface area (Å²) in [7, 11) is 0. The number of thioether (sulfide) groups is 1. The van der Waals surface area contributed by atoms with E-state index in [1.807, 2.05) is 109 Å². The van der Waals surface area contributed by atoms with E-state index in [4.69, 9.17) is 24.1 Å². The molecule has 0 radical (unpaired) electrons. The number of hydrogen-bond donors (Lipinski definition) is 4. The molecule has 2 amide bonds. The fraction of sp³-hybridized carbons (Fsp3) is 0.275. The summed E-state index contributed by atoms with van der Waals surface area (Å²) in [6, 6.07) is 35.2. The largest absolute Gasteiger partial charge is 0.431 e. The molecule has 1 saturated heterocycles. The molecular formula is C40H41N3O7S. The lowest BCUT2D eigenvalue weighted by Crippen LogP contribution is -2.31. The second-order valence-electron chi connectivity index (χ2n) is 12.3. The van der Waals surface area contributed by atoms with Crippen LogP contribution in [0.15, 0.2) is 119 Å². The van der Waals surface area contributed by atoms with Gasteiger partial charge in [0.15, 0.2) is 12.1 Å². The van der Waals surface area contributed by atoms with E-state index in [-0.39, 0.29) is 31.1 Å². The summed E-state index contributed by atoms with van der Waals surface area (Å²) in [4.78, 5) is 28.8. The van der Waals surface area contributed by atoms with E-state index >= 15 is 0 Å². The minimum absolute atomic E-state index is 0.0394. The Morgan fingerprint density at radius 1 is 0.784 bits per heavy atom. The number of amides is 2. The van der Waals surface area contributed by atoms with Crippen molar-refractivity contribution in [3.05, 3.63) is 126 Å². The average Bonchev–Trinajstić information content (AvgIpc) is 3.62. The second-order valence-corrected chi connectivity index (χ2v) is 13.3. The average molecular weight is 708 g/mol. The van der Waals surface area contributed by atoms with Crippen LogP contribution in [0.1, 0.15) is 67.6 Å². The van der Waals surface area contributed by atoms with Crippen molar-refractivity contribution in [1.29, 1.82) is 0 Å². The normalized spacial score (nSPS) is 17.2. The van der Waals surface area contributed by atoms with Gasteiger partial charge in [0, 0.05) is 47.4 Å². The quantitative estimate of drug-likeness (QED) is 0.0366. The van der Waals surface area contributed by atoms with Gasteiger partial charge in [0.05, 0.1) is 18.8 Å². The maximum Gasteiger partial charge on any atom is 0.256 e. The first-order valence-corrected chi connectivity index (χ1v) is 18.1. The number of anilines is 1. The fourth-order valence-corrected chi connectivity index (χ4v) is 6.76. The molecule has 4 aromatic carbocycles. The molecule has 0 aliphatic carbocycles. The van der Waals surface area contributed by atoms with Crippen LogP contribution >= 0.6 is 11.8 Å². The van der Waals surface area contributed by atoms with Gasteiger partial charge in [-0.2, -0.15) is 0 Å². The molecule has 0 spiro atoms. The monoisotopic (exact) mass is 707 g/mol. The van der Waals surface area contributed by atoms with Crippen LogP contribution in [-0.4, -0.2) is 39.0 Å². The van der Waals surface area contributed by atoms with E-state index in [0.717, 1.165) is 33.5 Å². The summed E-state index contributed by atoms with van der Waals surface area (Å²) in [5.41, 5.74) is 7.52. The molecular weight excluding hydrogens is 667 g/mol. The molecule has 1 aromatic heterocycles. The lowest BCUT2D eigenvalue weighted by Gasteiger charge is -2.36. The summed E-state index contributed by atoms with van der Waals surface area (Å²) in [6.45, 7) is -0.0394. The van der Waals surface area contributed by atoms with Crippen LogP contribution in [0.5, 0.6) is 0 Å². The molecule has 0 bridgehead atoms. The molecule has 5 aromatic rings. The van der Waals surface area contributed by atoms with Crippen LogP contribution in [-0.2, 0) is 25.7 Å². The number of rotatable bonds is 15. The third-order valence-electron chi connectivity index (χ3n) is 8.57. The summed E-state index contributed by atoms with van der Waals surface area (Å²) in [6.07, 6.45) is 1.82. The van der Waals surface area contributed by atoms with Crippen molar-refractivity contribution in [3.63, 3.8) is 0 Å². The van der Waals surface area contributed by atoms with Gasteiger partial charge in [0.1, 0.15) is 5.69 Å². The number of hydroxylamine groups is 1. The zero-order valence-electron chi connectivity index (χ0n) is 28.1. The Morgan fingerprint density at radius 2 is 1.49 bits per heavy atom. The predicted octanol–water partition coefficient (Wildman–Crippen LogP) is 8.23. The van der Waals surface area contributed by atoms with Gasteiger partial charge in [0.25, 0.3) is 5.22 Å². The van der Waals surface area contributed by atoms with Crippen molar-refractivity contribution in [2.45, 2.75) is 68.9 Å². The van der Waals surface area contributed by atoms with Crippen LogP contribution in [0.3, 0.4) is 0 Å². The van der Waals surface area contributed by atoms with E-state index in [1.54, 1.807) is 5.48 Å². The Hall–Kier alpha value is -4.78. The van der Waals surface area contributed by atoms with Gasteiger partial charge in [-0.1, -0.05) is 115 Å². The maximum atomic E-state index is 12.7. The van der Waals surface area contributed by atoms with E-state index < -0.39 is 12.2 Å². The third-order valence-corrected chi connectivity index (χ3v) is 9.53. The number of benzene rings is 4. The van der Waals surface area contributed by atoms with E-state index in [1.165, 1.54) is 11.8 Å². The molecule has 3 unspecified atom stereocenters. The Kier molecular flexibility index (Phi) is 12.7. The maximum absolute atomic E-state index is 12.7. The first-order chi connectivity index (χ1) is 25.0. The third kappa shape index (κ3) is 9.93. The van der Waals surface area contributed by atoms with Crippen molar-refractivity contribution >= 4 is 29.3 Å². The molecule has 1 aliphatic rings. The highest BCUT2D eigenvalue weighted by Gasteiger charge is 2.33. The Bertz CT molecular complexity index is 1810. The summed E-state index contributed by atoms with van der Waals surface area (Å²) in [5.74, 6) is 0.714. The van der Waals surface area contributed by atoms with Gasteiger partial charge in [-0.05, 0) is 36.1 Å². The molecule has 11 heteroatoms. The highest BCUT2D eigenvalue weighted by Crippen LogP contribution is 2.41. The number of aromatic nitrogens is 1. The topological polar surface area (TPSA) is 143 Å². The number of unbranched alkanes of at least 4 members (excludes halogenated alkanes) is 2. The van der Waals surface area contributed by atoms with Gasteiger partial charge in [-0.3, -0.25) is 14.8 Å². The van der Waals surface area contributed by atoms with Crippen molar-refractivity contribution in [3.8, 4) is 22.6 Å². The molecule has 2 heterocycles. The molecule has 10 nitrogen and oxygen atoms in total. The lowest BCUT2D eigenvalue weighted by molar-refractivity contribution is -0.245. The number of hydrogen-bond acceptors (Lipinski definition) is 9. The molecule has 6 rings (SSSR count). The zero-order valence-corrected chi connectivity index (χ0v) is 28.9. The van der Waals surface area contributed by atoms with Gasteiger partial charge in [-0.15, -0.1) is 0 Å². The van der Waals surface area contributed by atoms with E-state index in [2.05, 4.69) is 5.32 Å². The number of nitrogens with one attached hydrogen (secondary N) is 2. The minimum atomic E-state index is -0.703. The van der Waals surface area contributed by atoms with Crippen LogP contribution < -0.4 is 10.8 Å². The van der Waals surface area contributed by atoms with Crippen LogP contribution in [0.2, 0.25) is 0 Å². The van der Waals surface area contributed by atoms with Crippen molar-refractivity contribution in [2.75, 3.05) is 11.1 Å².